The van der Waals surface area contributed by atoms with E-state index in [1.54, 1.807) is 42.5 Å². The molecule has 0 heterocycles. The van der Waals surface area contributed by atoms with Gasteiger partial charge < -0.3 is 14.2 Å². The molecule has 0 aliphatic rings. The zero-order valence-electron chi connectivity index (χ0n) is 15.3. The minimum atomic E-state index is -0.439. The van der Waals surface area contributed by atoms with E-state index < -0.39 is 5.97 Å². The molecule has 136 valence electrons. The number of carbonyl (C=O) groups is 1. The summed E-state index contributed by atoms with van der Waals surface area (Å²) in [5.74, 6) is 1.09. The van der Waals surface area contributed by atoms with Crippen LogP contribution in [0.2, 0.25) is 0 Å². The van der Waals surface area contributed by atoms with Crippen LogP contribution in [0.25, 0.3) is 0 Å². The van der Waals surface area contributed by atoms with Gasteiger partial charge in [0.15, 0.2) is 11.5 Å². The van der Waals surface area contributed by atoms with Gasteiger partial charge in [-0.3, -0.25) is 0 Å². The minimum absolute atomic E-state index is 0.139. The summed E-state index contributed by atoms with van der Waals surface area (Å²) in [4.78, 5) is 12.3. The molecule has 0 bridgehead atoms. The molecule has 5 heteroatoms. The van der Waals surface area contributed by atoms with Crippen molar-refractivity contribution in [2.45, 2.75) is 27.4 Å². The van der Waals surface area contributed by atoms with Crippen LogP contribution in [0.15, 0.2) is 42.5 Å². The van der Waals surface area contributed by atoms with E-state index in [9.17, 15) is 4.79 Å². The van der Waals surface area contributed by atoms with E-state index in [-0.39, 0.29) is 6.61 Å². The Morgan fingerprint density at radius 1 is 1.08 bits per heavy atom. The highest BCUT2D eigenvalue weighted by molar-refractivity contribution is 5.90. The smallest absolute Gasteiger partial charge is 0.338 e. The van der Waals surface area contributed by atoms with Gasteiger partial charge in [-0.05, 0) is 48.7 Å². The summed E-state index contributed by atoms with van der Waals surface area (Å²) in [5, 5.41) is 8.80. The molecule has 5 nitrogen and oxygen atoms in total. The second-order valence-electron chi connectivity index (χ2n) is 6.18. The summed E-state index contributed by atoms with van der Waals surface area (Å²) in [7, 11) is 0. The maximum atomic E-state index is 12.3. The molecule has 0 saturated carbocycles. The molecule has 0 aliphatic heterocycles. The number of carbonyl (C=O) groups excluding carboxylic acids is 1. The molecule has 0 atom stereocenters. The Morgan fingerprint density at radius 2 is 1.81 bits per heavy atom. The Kier molecular flexibility index (Phi) is 7.04. The topological polar surface area (TPSA) is 68.5 Å². The first kappa shape index (κ1) is 19.3. The molecule has 0 unspecified atom stereocenters. The lowest BCUT2D eigenvalue weighted by Gasteiger charge is -2.14. The highest BCUT2D eigenvalue weighted by Gasteiger charge is 2.13. The van der Waals surface area contributed by atoms with Gasteiger partial charge in [0.1, 0.15) is 6.61 Å². The standard InChI is InChI=1S/C21H23NO4/c1-4-24-20-11-18(9-10-19(20)25-13-15(2)3)21(23)26-14-17-7-5-16(12-22)6-8-17/h5-11,15H,4,13-14H2,1-3H3. The fourth-order valence-corrected chi connectivity index (χ4v) is 2.19. The third-order valence-corrected chi connectivity index (χ3v) is 3.50. The van der Waals surface area contributed by atoms with Crippen molar-refractivity contribution in [2.75, 3.05) is 13.2 Å². The van der Waals surface area contributed by atoms with Gasteiger partial charge in [-0.2, -0.15) is 5.26 Å². The van der Waals surface area contributed by atoms with Gasteiger partial charge in [-0.25, -0.2) is 4.79 Å². The lowest BCUT2D eigenvalue weighted by molar-refractivity contribution is 0.0472. The average molecular weight is 353 g/mol. The predicted octanol–water partition coefficient (Wildman–Crippen LogP) is 4.35. The summed E-state index contributed by atoms with van der Waals surface area (Å²) < 4.78 is 16.7. The number of hydrogen-bond acceptors (Lipinski definition) is 5. The maximum Gasteiger partial charge on any atom is 0.338 e. The molecule has 0 N–H and O–H groups in total. The maximum absolute atomic E-state index is 12.3. The van der Waals surface area contributed by atoms with E-state index in [1.165, 1.54) is 0 Å². The van der Waals surface area contributed by atoms with Crippen LogP contribution in [-0.4, -0.2) is 19.2 Å². The lowest BCUT2D eigenvalue weighted by Crippen LogP contribution is -2.09. The number of rotatable bonds is 8. The van der Waals surface area contributed by atoms with Crippen molar-refractivity contribution in [1.29, 1.82) is 5.26 Å². The first-order valence-electron chi connectivity index (χ1n) is 8.59. The quantitative estimate of drug-likeness (QED) is 0.660. The van der Waals surface area contributed by atoms with Crippen LogP contribution in [0.3, 0.4) is 0 Å². The van der Waals surface area contributed by atoms with E-state index in [2.05, 4.69) is 19.9 Å². The van der Waals surface area contributed by atoms with Crippen molar-refractivity contribution >= 4 is 5.97 Å². The SMILES string of the molecule is CCOc1cc(C(=O)OCc2ccc(C#N)cc2)ccc1OCC(C)C. The fraction of sp³-hybridized carbons (Fsp3) is 0.333. The highest BCUT2D eigenvalue weighted by atomic mass is 16.5. The number of nitrogens with zero attached hydrogens (tertiary/aromatic N) is 1. The first-order valence-corrected chi connectivity index (χ1v) is 8.59. The van der Waals surface area contributed by atoms with E-state index in [4.69, 9.17) is 19.5 Å². The van der Waals surface area contributed by atoms with Crippen LogP contribution in [0, 0.1) is 17.2 Å². The van der Waals surface area contributed by atoms with Crippen LogP contribution in [0.1, 0.15) is 42.3 Å². The average Bonchev–Trinajstić information content (AvgIpc) is 2.65. The number of hydrogen-bond donors (Lipinski definition) is 0. The molecule has 0 spiro atoms. The van der Waals surface area contributed by atoms with E-state index in [1.807, 2.05) is 6.92 Å². The monoisotopic (exact) mass is 353 g/mol. The van der Waals surface area contributed by atoms with Crippen LogP contribution in [-0.2, 0) is 11.3 Å². The van der Waals surface area contributed by atoms with Crippen molar-refractivity contribution in [3.05, 3.63) is 59.2 Å². The largest absolute Gasteiger partial charge is 0.490 e. The Bertz CT molecular complexity index is 776. The third kappa shape index (κ3) is 5.52. The molecule has 2 aromatic carbocycles. The molecular formula is C21H23NO4. The molecule has 2 aromatic rings. The summed E-state index contributed by atoms with van der Waals surface area (Å²) in [6.45, 7) is 7.19. The van der Waals surface area contributed by atoms with Crippen LogP contribution in [0.4, 0.5) is 0 Å². The van der Waals surface area contributed by atoms with Crippen LogP contribution >= 0.6 is 0 Å². The van der Waals surface area contributed by atoms with E-state index >= 15 is 0 Å². The Morgan fingerprint density at radius 3 is 2.42 bits per heavy atom. The Hall–Kier alpha value is -3.00. The number of ether oxygens (including phenoxy) is 3. The predicted molar refractivity (Wildman–Crippen MR) is 98.2 cm³/mol. The van der Waals surface area contributed by atoms with Crippen LogP contribution in [0.5, 0.6) is 11.5 Å². The summed E-state index contributed by atoms with van der Waals surface area (Å²) in [6, 6.07) is 14.0. The van der Waals surface area contributed by atoms with Crippen molar-refractivity contribution in [2.24, 2.45) is 5.92 Å². The molecule has 0 amide bonds. The molecular weight excluding hydrogens is 330 g/mol. The minimum Gasteiger partial charge on any atom is -0.490 e. The third-order valence-electron chi connectivity index (χ3n) is 3.50. The van der Waals surface area contributed by atoms with E-state index in [0.717, 1.165) is 5.56 Å². The Balaban J connectivity index is 2.04. The number of nitriles is 1. The van der Waals surface area contributed by atoms with Gasteiger partial charge in [-0.15, -0.1) is 0 Å². The molecule has 26 heavy (non-hydrogen) atoms. The van der Waals surface area contributed by atoms with Crippen molar-refractivity contribution in [1.82, 2.24) is 0 Å². The molecule has 0 saturated heterocycles. The highest BCUT2D eigenvalue weighted by Crippen LogP contribution is 2.29. The lowest BCUT2D eigenvalue weighted by atomic mass is 10.1. The van der Waals surface area contributed by atoms with Gasteiger partial charge in [0, 0.05) is 0 Å². The van der Waals surface area contributed by atoms with Crippen molar-refractivity contribution < 1.29 is 19.0 Å². The van der Waals surface area contributed by atoms with Gasteiger partial charge in [-0.1, -0.05) is 26.0 Å². The van der Waals surface area contributed by atoms with Crippen molar-refractivity contribution in [3.63, 3.8) is 0 Å². The molecule has 0 aliphatic carbocycles. The van der Waals surface area contributed by atoms with E-state index in [0.29, 0.717) is 41.8 Å². The zero-order chi connectivity index (χ0) is 18.9. The summed E-state index contributed by atoms with van der Waals surface area (Å²) in [6.07, 6.45) is 0. The second kappa shape index (κ2) is 9.47. The van der Waals surface area contributed by atoms with Crippen molar-refractivity contribution in [3.8, 4) is 17.6 Å². The van der Waals surface area contributed by atoms with Gasteiger partial charge in [0.25, 0.3) is 0 Å². The number of esters is 1. The molecule has 0 radical (unpaired) electrons. The first-order chi connectivity index (χ1) is 12.5. The molecule has 0 fully saturated rings. The zero-order valence-corrected chi connectivity index (χ0v) is 15.3. The molecule has 0 aromatic heterocycles. The van der Waals surface area contributed by atoms with Gasteiger partial charge in [0.05, 0.1) is 30.4 Å². The molecule has 2 rings (SSSR count). The summed E-state index contributed by atoms with van der Waals surface area (Å²) in [5.41, 5.74) is 1.79. The Labute approximate surface area is 154 Å². The van der Waals surface area contributed by atoms with Gasteiger partial charge in [0.2, 0.25) is 0 Å². The van der Waals surface area contributed by atoms with Crippen LogP contribution < -0.4 is 9.47 Å². The second-order valence-corrected chi connectivity index (χ2v) is 6.18. The number of benzene rings is 2. The normalized spacial score (nSPS) is 10.3. The fourth-order valence-electron chi connectivity index (χ4n) is 2.19. The van der Waals surface area contributed by atoms with Gasteiger partial charge >= 0.3 is 5.97 Å². The summed E-state index contributed by atoms with van der Waals surface area (Å²) >= 11 is 0.